The molecule has 1 heterocycles. The first-order valence-corrected chi connectivity index (χ1v) is 8.95. The third kappa shape index (κ3) is 2.86. The van der Waals surface area contributed by atoms with E-state index < -0.39 is 10.0 Å². The second-order valence-electron chi connectivity index (χ2n) is 5.22. The van der Waals surface area contributed by atoms with Crippen LogP contribution in [0.4, 0.5) is 0 Å². The van der Waals surface area contributed by atoms with Gasteiger partial charge in [-0.15, -0.1) is 11.3 Å². The third-order valence-electron chi connectivity index (χ3n) is 4.04. The largest absolute Gasteiger partial charge is 0.391 e. The molecule has 1 N–H and O–H groups in total. The summed E-state index contributed by atoms with van der Waals surface area (Å²) >= 11 is 1.29. The summed E-state index contributed by atoms with van der Waals surface area (Å²) in [6.45, 7) is 1.90. The zero-order valence-corrected chi connectivity index (χ0v) is 13.0. The van der Waals surface area contributed by atoms with Gasteiger partial charge in [-0.1, -0.05) is 19.8 Å². The predicted octanol–water partition coefficient (Wildman–Crippen LogP) is 2.44. The van der Waals surface area contributed by atoms with Crippen LogP contribution in [0.5, 0.6) is 0 Å². The number of aliphatic hydroxyl groups is 1. The molecule has 0 radical (unpaired) electrons. The number of nitrogens with zero attached hydrogens (tertiary/aromatic N) is 1. The molecule has 4 nitrogen and oxygen atoms in total. The minimum Gasteiger partial charge on any atom is -0.391 e. The van der Waals surface area contributed by atoms with Gasteiger partial charge in [0.1, 0.15) is 0 Å². The van der Waals surface area contributed by atoms with E-state index in [-0.39, 0.29) is 17.5 Å². The summed E-state index contributed by atoms with van der Waals surface area (Å²) in [4.78, 5) is 0.788. The summed E-state index contributed by atoms with van der Waals surface area (Å²) < 4.78 is 26.8. The fourth-order valence-electron chi connectivity index (χ4n) is 2.84. The van der Waals surface area contributed by atoms with Gasteiger partial charge in [0.05, 0.1) is 11.5 Å². The second-order valence-corrected chi connectivity index (χ2v) is 8.18. The molecule has 0 spiro atoms. The number of rotatable bonds is 4. The Labute approximate surface area is 119 Å². The highest BCUT2D eigenvalue weighted by Gasteiger charge is 2.34. The molecule has 2 rings (SSSR count). The van der Waals surface area contributed by atoms with Crippen molar-refractivity contribution in [2.24, 2.45) is 5.92 Å². The molecule has 1 aromatic rings. The molecule has 6 heteroatoms. The normalized spacial score (nSPS) is 24.8. The van der Waals surface area contributed by atoms with E-state index in [4.69, 9.17) is 0 Å². The highest BCUT2D eigenvalue weighted by atomic mass is 32.2. The van der Waals surface area contributed by atoms with Crippen molar-refractivity contribution in [3.63, 3.8) is 0 Å². The minimum absolute atomic E-state index is 0.0743. The van der Waals surface area contributed by atoms with Gasteiger partial charge in [0.25, 0.3) is 0 Å². The fourth-order valence-corrected chi connectivity index (χ4v) is 5.59. The van der Waals surface area contributed by atoms with Gasteiger partial charge < -0.3 is 5.11 Å². The molecule has 0 bridgehead atoms. The Hall–Kier alpha value is -0.430. The first-order valence-electron chi connectivity index (χ1n) is 6.63. The van der Waals surface area contributed by atoms with Crippen molar-refractivity contribution in [2.75, 3.05) is 7.05 Å². The average Bonchev–Trinajstić information content (AvgIpc) is 2.87. The van der Waals surface area contributed by atoms with Crippen LogP contribution in [0.3, 0.4) is 0 Å². The van der Waals surface area contributed by atoms with Gasteiger partial charge >= 0.3 is 0 Å². The molecule has 0 aliphatic heterocycles. The summed E-state index contributed by atoms with van der Waals surface area (Å²) in [5.41, 5.74) is 0. The quantitative estimate of drug-likeness (QED) is 0.929. The lowest BCUT2D eigenvalue weighted by molar-refractivity contribution is 0.213. The van der Waals surface area contributed by atoms with Crippen molar-refractivity contribution >= 4 is 21.4 Å². The van der Waals surface area contributed by atoms with Crippen LogP contribution in [0.25, 0.3) is 0 Å². The maximum atomic E-state index is 12.6. The van der Waals surface area contributed by atoms with E-state index in [1.54, 1.807) is 18.5 Å². The van der Waals surface area contributed by atoms with Crippen LogP contribution in [0.2, 0.25) is 0 Å². The standard InChI is InChI=1S/C13H21NO3S2/c1-10-5-3-4-6-11(10)14(2)19(16,17)13-7-8-18-12(13)9-15/h7-8,10-11,15H,3-6,9H2,1-2H3. The maximum absolute atomic E-state index is 12.6. The van der Waals surface area contributed by atoms with Gasteiger partial charge in [0.2, 0.25) is 10.0 Å². The zero-order valence-electron chi connectivity index (χ0n) is 11.4. The van der Waals surface area contributed by atoms with Gasteiger partial charge in [-0.2, -0.15) is 4.31 Å². The van der Waals surface area contributed by atoms with Gasteiger partial charge in [0.15, 0.2) is 0 Å². The van der Waals surface area contributed by atoms with E-state index in [9.17, 15) is 13.5 Å². The molecular formula is C13H21NO3S2. The second kappa shape index (κ2) is 5.91. The summed E-state index contributed by atoms with van der Waals surface area (Å²) in [5, 5.41) is 11.0. The van der Waals surface area contributed by atoms with Crippen molar-refractivity contribution in [3.05, 3.63) is 16.3 Å². The highest BCUT2D eigenvalue weighted by Crippen LogP contribution is 2.32. The lowest BCUT2D eigenvalue weighted by Crippen LogP contribution is -2.42. The fraction of sp³-hybridized carbons (Fsp3) is 0.692. The van der Waals surface area contributed by atoms with E-state index in [1.165, 1.54) is 22.1 Å². The first-order chi connectivity index (χ1) is 8.98. The molecule has 2 unspecified atom stereocenters. The Kier molecular flexibility index (Phi) is 4.66. The van der Waals surface area contributed by atoms with E-state index >= 15 is 0 Å². The Bertz CT molecular complexity index is 524. The summed E-state index contributed by atoms with van der Waals surface area (Å²) in [6.07, 6.45) is 4.29. The van der Waals surface area contributed by atoms with Crippen LogP contribution >= 0.6 is 11.3 Å². The molecule has 19 heavy (non-hydrogen) atoms. The first kappa shape index (κ1) is 15.0. The number of hydrogen-bond donors (Lipinski definition) is 1. The minimum atomic E-state index is -3.49. The molecule has 108 valence electrons. The Balaban J connectivity index is 2.28. The highest BCUT2D eigenvalue weighted by molar-refractivity contribution is 7.89. The smallest absolute Gasteiger partial charge is 0.244 e. The van der Waals surface area contributed by atoms with Crippen molar-refractivity contribution in [1.82, 2.24) is 4.31 Å². The van der Waals surface area contributed by atoms with Crippen LogP contribution in [-0.4, -0.2) is 30.9 Å². The molecule has 0 amide bonds. The molecule has 0 saturated heterocycles. The lowest BCUT2D eigenvalue weighted by Gasteiger charge is -2.35. The SMILES string of the molecule is CC1CCCCC1N(C)S(=O)(=O)c1ccsc1CO. The van der Waals surface area contributed by atoms with E-state index in [0.717, 1.165) is 19.3 Å². The maximum Gasteiger partial charge on any atom is 0.244 e. The van der Waals surface area contributed by atoms with Crippen molar-refractivity contribution in [1.29, 1.82) is 0 Å². The molecule has 1 aliphatic carbocycles. The van der Waals surface area contributed by atoms with Gasteiger partial charge in [-0.25, -0.2) is 8.42 Å². The number of hydrogen-bond acceptors (Lipinski definition) is 4. The van der Waals surface area contributed by atoms with Crippen LogP contribution in [0.15, 0.2) is 16.3 Å². The number of thiophene rings is 1. The van der Waals surface area contributed by atoms with Crippen molar-refractivity contribution in [3.8, 4) is 0 Å². The summed E-state index contributed by atoms with van der Waals surface area (Å²) in [6, 6.07) is 1.67. The molecule has 1 aromatic heterocycles. The molecule has 2 atom stereocenters. The Morgan fingerprint density at radius 1 is 1.42 bits per heavy atom. The zero-order chi connectivity index (χ0) is 14.0. The van der Waals surface area contributed by atoms with E-state index in [2.05, 4.69) is 6.92 Å². The monoisotopic (exact) mass is 303 g/mol. The molecule has 1 fully saturated rings. The van der Waals surface area contributed by atoms with Crippen LogP contribution in [0.1, 0.15) is 37.5 Å². The van der Waals surface area contributed by atoms with E-state index in [0.29, 0.717) is 10.8 Å². The van der Waals surface area contributed by atoms with Crippen molar-refractivity contribution < 1.29 is 13.5 Å². The lowest BCUT2D eigenvalue weighted by atomic mass is 9.86. The molecular weight excluding hydrogens is 282 g/mol. The summed E-state index contributed by atoms with van der Waals surface area (Å²) in [5.74, 6) is 0.393. The predicted molar refractivity (Wildman–Crippen MR) is 76.6 cm³/mol. The molecule has 0 aromatic carbocycles. The topological polar surface area (TPSA) is 57.6 Å². The third-order valence-corrected chi connectivity index (χ3v) is 7.04. The number of sulfonamides is 1. The van der Waals surface area contributed by atoms with Gasteiger partial charge in [0, 0.05) is 18.0 Å². The molecule has 1 saturated carbocycles. The molecule has 1 aliphatic rings. The van der Waals surface area contributed by atoms with Crippen LogP contribution < -0.4 is 0 Å². The Morgan fingerprint density at radius 3 is 2.74 bits per heavy atom. The van der Waals surface area contributed by atoms with Crippen LogP contribution in [0, 0.1) is 5.92 Å². The van der Waals surface area contributed by atoms with Crippen molar-refractivity contribution in [2.45, 2.75) is 50.2 Å². The Morgan fingerprint density at radius 2 is 2.11 bits per heavy atom. The number of aliphatic hydroxyl groups excluding tert-OH is 1. The summed E-state index contributed by atoms with van der Waals surface area (Å²) in [7, 11) is -1.82. The average molecular weight is 303 g/mol. The van der Waals surface area contributed by atoms with Gasteiger partial charge in [-0.3, -0.25) is 0 Å². The van der Waals surface area contributed by atoms with Gasteiger partial charge in [-0.05, 0) is 30.2 Å². The van der Waals surface area contributed by atoms with Crippen LogP contribution in [-0.2, 0) is 16.6 Å². The van der Waals surface area contributed by atoms with E-state index in [1.807, 2.05) is 0 Å².